The van der Waals surface area contributed by atoms with Crippen molar-refractivity contribution in [3.63, 3.8) is 0 Å². The number of nitrogens with one attached hydrogen (secondary N) is 1. The molecule has 2 rings (SSSR count). The number of benzene rings is 1. The van der Waals surface area contributed by atoms with E-state index in [0.29, 0.717) is 11.5 Å². The van der Waals surface area contributed by atoms with E-state index in [9.17, 15) is 0 Å². The fourth-order valence-corrected chi connectivity index (χ4v) is 3.77. The molecule has 1 aromatic carbocycles. The van der Waals surface area contributed by atoms with Crippen LogP contribution in [0, 0.1) is 5.41 Å². The van der Waals surface area contributed by atoms with Crippen molar-refractivity contribution >= 4 is 0 Å². The summed E-state index contributed by atoms with van der Waals surface area (Å²) in [5.41, 5.74) is 3.23. The van der Waals surface area contributed by atoms with Crippen LogP contribution in [0.15, 0.2) is 18.2 Å². The zero-order valence-electron chi connectivity index (χ0n) is 14.7. The number of hydrogen-bond donors (Lipinski definition) is 1. The fourth-order valence-electron chi connectivity index (χ4n) is 3.77. The van der Waals surface area contributed by atoms with E-state index in [-0.39, 0.29) is 11.5 Å². The second-order valence-electron chi connectivity index (χ2n) is 8.38. The summed E-state index contributed by atoms with van der Waals surface area (Å²) < 4.78 is 5.99. The lowest BCUT2D eigenvalue weighted by Gasteiger charge is -2.35. The van der Waals surface area contributed by atoms with E-state index < -0.39 is 0 Å². The predicted octanol–water partition coefficient (Wildman–Crippen LogP) is 4.83. The van der Waals surface area contributed by atoms with Gasteiger partial charge in [0.15, 0.2) is 0 Å². The highest BCUT2D eigenvalue weighted by atomic mass is 16.5. The third kappa shape index (κ3) is 3.79. The SMILES string of the molecule is CNC1CC(C)Oc2ccc(C(C)(C)CC(C)(C)C)cc21. The minimum absolute atomic E-state index is 0.175. The zero-order chi connectivity index (χ0) is 15.8. The molecule has 0 saturated carbocycles. The molecule has 0 fully saturated rings. The Bertz CT molecular complexity index is 499. The lowest BCUT2D eigenvalue weighted by Crippen LogP contribution is -2.30. The van der Waals surface area contributed by atoms with E-state index in [1.165, 1.54) is 17.5 Å². The molecule has 0 aromatic heterocycles. The Balaban J connectivity index is 2.36. The summed E-state index contributed by atoms with van der Waals surface area (Å²) in [4.78, 5) is 0. The van der Waals surface area contributed by atoms with Crippen molar-refractivity contribution in [1.29, 1.82) is 0 Å². The number of hydrogen-bond acceptors (Lipinski definition) is 2. The van der Waals surface area contributed by atoms with Crippen LogP contribution >= 0.6 is 0 Å². The highest BCUT2D eigenvalue weighted by Crippen LogP contribution is 2.41. The first kappa shape index (κ1) is 16.4. The maximum atomic E-state index is 5.99. The van der Waals surface area contributed by atoms with Crippen molar-refractivity contribution in [2.45, 2.75) is 71.9 Å². The van der Waals surface area contributed by atoms with Crippen molar-refractivity contribution < 1.29 is 4.74 Å². The molecule has 2 heteroatoms. The van der Waals surface area contributed by atoms with Gasteiger partial charge in [-0.3, -0.25) is 0 Å². The lowest BCUT2D eigenvalue weighted by molar-refractivity contribution is 0.168. The topological polar surface area (TPSA) is 21.3 Å². The van der Waals surface area contributed by atoms with Crippen molar-refractivity contribution in [2.24, 2.45) is 5.41 Å². The largest absolute Gasteiger partial charge is 0.490 e. The number of rotatable bonds is 3. The van der Waals surface area contributed by atoms with Gasteiger partial charge in [-0.05, 0) is 48.9 Å². The Morgan fingerprint density at radius 2 is 1.86 bits per heavy atom. The maximum absolute atomic E-state index is 5.99. The van der Waals surface area contributed by atoms with E-state index in [1.807, 2.05) is 7.05 Å². The molecule has 0 amide bonds. The van der Waals surface area contributed by atoms with Gasteiger partial charge in [0, 0.05) is 18.0 Å². The molecular formula is C19H31NO. The quantitative estimate of drug-likeness (QED) is 0.860. The van der Waals surface area contributed by atoms with Crippen molar-refractivity contribution in [1.82, 2.24) is 5.32 Å². The molecule has 1 aromatic rings. The number of ether oxygens (including phenoxy) is 1. The van der Waals surface area contributed by atoms with Crippen LogP contribution in [-0.2, 0) is 5.41 Å². The van der Waals surface area contributed by atoms with Crippen LogP contribution in [0.5, 0.6) is 5.75 Å². The number of fused-ring (bicyclic) bond motifs is 1. The third-order valence-corrected chi connectivity index (χ3v) is 4.38. The van der Waals surface area contributed by atoms with Crippen LogP contribution in [0.2, 0.25) is 0 Å². The smallest absolute Gasteiger partial charge is 0.124 e. The third-order valence-electron chi connectivity index (χ3n) is 4.38. The molecule has 1 heterocycles. The Morgan fingerprint density at radius 3 is 2.43 bits per heavy atom. The average Bonchev–Trinajstić information content (AvgIpc) is 2.34. The Morgan fingerprint density at radius 1 is 1.19 bits per heavy atom. The first-order valence-electron chi connectivity index (χ1n) is 8.11. The zero-order valence-corrected chi connectivity index (χ0v) is 14.7. The summed E-state index contributed by atoms with van der Waals surface area (Å²) in [7, 11) is 2.04. The Hall–Kier alpha value is -1.02. The van der Waals surface area contributed by atoms with Crippen molar-refractivity contribution in [2.75, 3.05) is 7.05 Å². The summed E-state index contributed by atoms with van der Waals surface area (Å²) in [6.07, 6.45) is 2.48. The second-order valence-corrected chi connectivity index (χ2v) is 8.38. The fraction of sp³-hybridized carbons (Fsp3) is 0.684. The summed E-state index contributed by atoms with van der Waals surface area (Å²) in [6, 6.07) is 7.16. The van der Waals surface area contributed by atoms with E-state index in [4.69, 9.17) is 4.74 Å². The standard InChI is InChI=1S/C19H31NO/c1-13-10-16(20-7)15-11-14(8-9-17(15)21-13)19(5,6)12-18(2,3)4/h8-9,11,13,16,20H,10,12H2,1-7H3. The second kappa shape index (κ2) is 5.64. The molecular weight excluding hydrogens is 258 g/mol. The average molecular weight is 289 g/mol. The molecule has 1 aliphatic heterocycles. The lowest BCUT2D eigenvalue weighted by atomic mass is 9.72. The van der Waals surface area contributed by atoms with Crippen LogP contribution in [0.25, 0.3) is 0 Å². The molecule has 2 nitrogen and oxygen atoms in total. The predicted molar refractivity (Wildman–Crippen MR) is 90.0 cm³/mol. The minimum atomic E-state index is 0.175. The van der Waals surface area contributed by atoms with Gasteiger partial charge in [-0.15, -0.1) is 0 Å². The van der Waals surface area contributed by atoms with Gasteiger partial charge in [0.05, 0.1) is 6.10 Å². The minimum Gasteiger partial charge on any atom is -0.490 e. The first-order chi connectivity index (χ1) is 9.62. The summed E-state index contributed by atoms with van der Waals surface area (Å²) >= 11 is 0. The van der Waals surface area contributed by atoms with Crippen LogP contribution in [-0.4, -0.2) is 13.2 Å². The van der Waals surface area contributed by atoms with E-state index in [2.05, 4.69) is 65.1 Å². The normalized spacial score (nSPS) is 22.6. The molecule has 0 bridgehead atoms. The molecule has 2 atom stereocenters. The molecule has 0 saturated heterocycles. The molecule has 2 unspecified atom stereocenters. The van der Waals surface area contributed by atoms with Crippen molar-refractivity contribution in [3.05, 3.63) is 29.3 Å². The van der Waals surface area contributed by atoms with E-state index >= 15 is 0 Å². The van der Waals surface area contributed by atoms with Gasteiger partial charge < -0.3 is 10.1 Å². The van der Waals surface area contributed by atoms with Gasteiger partial charge in [-0.2, -0.15) is 0 Å². The van der Waals surface area contributed by atoms with Crippen LogP contribution < -0.4 is 10.1 Å². The van der Waals surface area contributed by atoms with Crippen LogP contribution in [0.4, 0.5) is 0 Å². The summed E-state index contributed by atoms with van der Waals surface area (Å²) in [5.74, 6) is 1.04. The molecule has 0 radical (unpaired) electrons. The molecule has 0 aliphatic carbocycles. The first-order valence-corrected chi connectivity index (χ1v) is 8.11. The van der Waals surface area contributed by atoms with Gasteiger partial charge in [-0.25, -0.2) is 0 Å². The summed E-state index contributed by atoms with van der Waals surface area (Å²) in [6.45, 7) is 13.8. The van der Waals surface area contributed by atoms with E-state index in [0.717, 1.165) is 12.2 Å². The van der Waals surface area contributed by atoms with Crippen LogP contribution in [0.3, 0.4) is 0 Å². The van der Waals surface area contributed by atoms with Crippen molar-refractivity contribution in [3.8, 4) is 5.75 Å². The molecule has 1 aliphatic rings. The van der Waals surface area contributed by atoms with Gasteiger partial charge in [0.25, 0.3) is 0 Å². The molecule has 21 heavy (non-hydrogen) atoms. The van der Waals surface area contributed by atoms with Gasteiger partial charge >= 0.3 is 0 Å². The van der Waals surface area contributed by atoms with E-state index in [1.54, 1.807) is 0 Å². The van der Waals surface area contributed by atoms with Crippen LogP contribution in [0.1, 0.15) is 71.6 Å². The van der Waals surface area contributed by atoms with Gasteiger partial charge in [-0.1, -0.05) is 40.7 Å². The molecule has 1 N–H and O–H groups in total. The monoisotopic (exact) mass is 289 g/mol. The summed E-state index contributed by atoms with van der Waals surface area (Å²) in [5, 5.41) is 3.44. The molecule has 0 spiro atoms. The van der Waals surface area contributed by atoms with Gasteiger partial charge in [0.2, 0.25) is 0 Å². The highest BCUT2D eigenvalue weighted by molar-refractivity contribution is 5.43. The molecule has 118 valence electrons. The highest BCUT2D eigenvalue weighted by Gasteiger charge is 2.30. The Kier molecular flexibility index (Phi) is 4.39. The maximum Gasteiger partial charge on any atom is 0.124 e. The van der Waals surface area contributed by atoms with Gasteiger partial charge in [0.1, 0.15) is 5.75 Å². The Labute approximate surface area is 130 Å².